The van der Waals surface area contributed by atoms with Crippen molar-refractivity contribution in [2.45, 2.75) is 24.7 Å². The minimum absolute atomic E-state index is 0.131. The number of hydrogen-bond donors (Lipinski definition) is 2. The van der Waals surface area contributed by atoms with Crippen LogP contribution >= 0.6 is 0 Å². The maximum Gasteiger partial charge on any atom is 0.262 e. The zero-order valence-electron chi connectivity index (χ0n) is 17.4. The van der Waals surface area contributed by atoms with Crippen molar-refractivity contribution < 1.29 is 17.9 Å². The first-order valence-electron chi connectivity index (χ1n) is 10.1. The van der Waals surface area contributed by atoms with Crippen LogP contribution in [0.3, 0.4) is 0 Å². The van der Waals surface area contributed by atoms with Crippen LogP contribution in [0.5, 0.6) is 5.75 Å². The van der Waals surface area contributed by atoms with E-state index in [1.165, 1.54) is 12.1 Å². The first-order valence-corrected chi connectivity index (χ1v) is 11.6. The van der Waals surface area contributed by atoms with Gasteiger partial charge >= 0.3 is 0 Å². The van der Waals surface area contributed by atoms with E-state index in [1.54, 1.807) is 18.2 Å². The summed E-state index contributed by atoms with van der Waals surface area (Å²) in [6.07, 6.45) is 1.50. The van der Waals surface area contributed by atoms with Gasteiger partial charge in [-0.15, -0.1) is 0 Å². The normalized spacial score (nSPS) is 11.1. The van der Waals surface area contributed by atoms with Crippen molar-refractivity contribution in [2.75, 3.05) is 18.5 Å². The molecule has 0 heterocycles. The van der Waals surface area contributed by atoms with Crippen molar-refractivity contribution in [1.82, 2.24) is 4.72 Å². The van der Waals surface area contributed by atoms with E-state index in [9.17, 15) is 13.2 Å². The quantitative estimate of drug-likeness (QED) is 0.504. The standard InChI is InChI=1S/C24H26N2O4S/c1-2-19-9-6-10-22(17-19)30-18-24(27)26-21-11-13-23(14-12-21)31(28,29)25-16-15-20-7-4-3-5-8-20/h3-14,17,25H,2,15-16,18H2,1H3,(H,26,27). The number of ether oxygens (including phenoxy) is 1. The van der Waals surface area contributed by atoms with E-state index >= 15 is 0 Å². The molecule has 0 aliphatic rings. The summed E-state index contributed by atoms with van der Waals surface area (Å²) in [4.78, 5) is 12.3. The van der Waals surface area contributed by atoms with Crippen molar-refractivity contribution in [3.05, 3.63) is 90.0 Å². The highest BCUT2D eigenvalue weighted by atomic mass is 32.2. The van der Waals surface area contributed by atoms with E-state index in [-0.39, 0.29) is 17.4 Å². The van der Waals surface area contributed by atoms with Crippen LogP contribution in [0.1, 0.15) is 18.1 Å². The lowest BCUT2D eigenvalue weighted by atomic mass is 10.2. The third kappa shape index (κ3) is 6.94. The Morgan fingerprint density at radius 3 is 2.32 bits per heavy atom. The van der Waals surface area contributed by atoms with Crippen LogP contribution in [-0.2, 0) is 27.7 Å². The molecule has 0 aromatic heterocycles. The number of hydrogen-bond acceptors (Lipinski definition) is 4. The molecule has 1 amide bonds. The molecule has 6 nitrogen and oxygen atoms in total. The number of benzene rings is 3. The molecule has 3 rings (SSSR count). The van der Waals surface area contributed by atoms with Crippen LogP contribution in [0, 0.1) is 0 Å². The van der Waals surface area contributed by atoms with Gasteiger partial charge < -0.3 is 10.1 Å². The number of anilines is 1. The average Bonchev–Trinajstić information content (AvgIpc) is 2.79. The van der Waals surface area contributed by atoms with Gasteiger partial charge in [-0.25, -0.2) is 13.1 Å². The molecule has 0 saturated carbocycles. The largest absolute Gasteiger partial charge is 0.484 e. The third-order valence-electron chi connectivity index (χ3n) is 4.67. The Kier molecular flexibility index (Phi) is 7.81. The topological polar surface area (TPSA) is 84.5 Å². The lowest BCUT2D eigenvalue weighted by molar-refractivity contribution is -0.118. The average molecular weight is 439 g/mol. The lowest BCUT2D eigenvalue weighted by Gasteiger charge is -2.10. The highest BCUT2D eigenvalue weighted by molar-refractivity contribution is 7.89. The van der Waals surface area contributed by atoms with Gasteiger partial charge in [0.1, 0.15) is 5.75 Å². The minimum atomic E-state index is -3.62. The van der Waals surface area contributed by atoms with E-state index in [0.29, 0.717) is 24.4 Å². The molecule has 31 heavy (non-hydrogen) atoms. The fourth-order valence-corrected chi connectivity index (χ4v) is 4.01. The Balaban J connectivity index is 1.49. The molecule has 0 saturated heterocycles. The Labute approximate surface area is 183 Å². The third-order valence-corrected chi connectivity index (χ3v) is 6.15. The summed E-state index contributed by atoms with van der Waals surface area (Å²) in [7, 11) is -3.62. The second-order valence-electron chi connectivity index (χ2n) is 7.00. The van der Waals surface area contributed by atoms with E-state index in [1.807, 2.05) is 48.5 Å². The van der Waals surface area contributed by atoms with Crippen LogP contribution in [0.2, 0.25) is 0 Å². The molecule has 2 N–H and O–H groups in total. The highest BCUT2D eigenvalue weighted by Gasteiger charge is 2.13. The molecule has 3 aromatic rings. The summed E-state index contributed by atoms with van der Waals surface area (Å²) >= 11 is 0. The van der Waals surface area contributed by atoms with Gasteiger partial charge in [0.25, 0.3) is 5.91 Å². The summed E-state index contributed by atoms with van der Waals surface area (Å²) < 4.78 is 33.0. The molecule has 0 aliphatic carbocycles. The number of carbonyl (C=O) groups excluding carboxylic acids is 1. The predicted octanol–water partition coefficient (Wildman–Crippen LogP) is 3.79. The fourth-order valence-electron chi connectivity index (χ4n) is 2.98. The van der Waals surface area contributed by atoms with Gasteiger partial charge in [0, 0.05) is 12.2 Å². The molecule has 0 radical (unpaired) electrons. The van der Waals surface area contributed by atoms with Crippen molar-refractivity contribution in [2.24, 2.45) is 0 Å². The molecular formula is C24H26N2O4S. The summed E-state index contributed by atoms with van der Waals surface area (Å²) in [6, 6.07) is 23.3. The van der Waals surface area contributed by atoms with E-state index in [0.717, 1.165) is 17.5 Å². The lowest BCUT2D eigenvalue weighted by Crippen LogP contribution is -2.26. The van der Waals surface area contributed by atoms with Gasteiger partial charge in [-0.05, 0) is 60.4 Å². The van der Waals surface area contributed by atoms with Gasteiger partial charge in [-0.2, -0.15) is 0 Å². The molecule has 0 bridgehead atoms. The number of sulfonamides is 1. The van der Waals surface area contributed by atoms with Gasteiger partial charge in [0.2, 0.25) is 10.0 Å². The van der Waals surface area contributed by atoms with Gasteiger partial charge in [0.15, 0.2) is 6.61 Å². The number of rotatable bonds is 10. The van der Waals surface area contributed by atoms with Crippen molar-refractivity contribution in [3.63, 3.8) is 0 Å². The molecule has 0 atom stereocenters. The molecule has 7 heteroatoms. The monoisotopic (exact) mass is 438 g/mol. The Morgan fingerprint density at radius 1 is 0.903 bits per heavy atom. The van der Waals surface area contributed by atoms with Gasteiger partial charge in [0.05, 0.1) is 4.90 Å². The van der Waals surface area contributed by atoms with Crippen LogP contribution < -0.4 is 14.8 Å². The predicted molar refractivity (Wildman–Crippen MR) is 122 cm³/mol. The van der Waals surface area contributed by atoms with Crippen molar-refractivity contribution in [1.29, 1.82) is 0 Å². The second kappa shape index (κ2) is 10.7. The zero-order valence-corrected chi connectivity index (χ0v) is 18.2. The van der Waals surface area contributed by atoms with Crippen molar-refractivity contribution in [3.8, 4) is 5.75 Å². The van der Waals surface area contributed by atoms with E-state index in [2.05, 4.69) is 17.0 Å². The summed E-state index contributed by atoms with van der Waals surface area (Å²) in [5.74, 6) is 0.316. The van der Waals surface area contributed by atoms with Crippen LogP contribution in [-0.4, -0.2) is 27.5 Å². The molecule has 0 spiro atoms. The Morgan fingerprint density at radius 2 is 1.61 bits per heavy atom. The van der Waals surface area contributed by atoms with Crippen LogP contribution in [0.4, 0.5) is 5.69 Å². The SMILES string of the molecule is CCc1cccc(OCC(=O)Nc2ccc(S(=O)(=O)NCCc3ccccc3)cc2)c1. The summed E-state index contributed by atoms with van der Waals surface area (Å²) in [5.41, 5.74) is 2.69. The van der Waals surface area contributed by atoms with Crippen LogP contribution in [0.15, 0.2) is 83.8 Å². The second-order valence-corrected chi connectivity index (χ2v) is 8.76. The Bertz CT molecular complexity index is 1100. The van der Waals surface area contributed by atoms with Crippen molar-refractivity contribution >= 4 is 21.6 Å². The first-order chi connectivity index (χ1) is 15.0. The highest BCUT2D eigenvalue weighted by Crippen LogP contribution is 2.16. The van der Waals surface area contributed by atoms with Gasteiger partial charge in [-0.3, -0.25) is 4.79 Å². The van der Waals surface area contributed by atoms with Crippen LogP contribution in [0.25, 0.3) is 0 Å². The zero-order chi connectivity index (χ0) is 22.1. The summed E-state index contributed by atoms with van der Waals surface area (Å²) in [5, 5.41) is 2.70. The molecule has 3 aromatic carbocycles. The minimum Gasteiger partial charge on any atom is -0.484 e. The van der Waals surface area contributed by atoms with E-state index in [4.69, 9.17) is 4.74 Å². The maximum absolute atomic E-state index is 12.4. The molecule has 0 unspecified atom stereocenters. The number of amides is 1. The number of aryl methyl sites for hydroxylation is 1. The van der Waals surface area contributed by atoms with Gasteiger partial charge in [-0.1, -0.05) is 49.4 Å². The molecule has 0 fully saturated rings. The Hall–Kier alpha value is -3.16. The molecule has 162 valence electrons. The smallest absolute Gasteiger partial charge is 0.262 e. The molecular weight excluding hydrogens is 412 g/mol. The fraction of sp³-hybridized carbons (Fsp3) is 0.208. The summed E-state index contributed by atoms with van der Waals surface area (Å²) in [6.45, 7) is 2.23. The maximum atomic E-state index is 12.4. The molecule has 0 aliphatic heterocycles. The van der Waals surface area contributed by atoms with E-state index < -0.39 is 10.0 Å². The number of nitrogens with one attached hydrogen (secondary N) is 2. The number of carbonyl (C=O) groups is 1. The first kappa shape index (κ1) is 22.5.